The highest BCUT2D eigenvalue weighted by atomic mass is 19.1. The molecule has 0 bridgehead atoms. The highest BCUT2D eigenvalue weighted by Crippen LogP contribution is 2.33. The number of nitrogens with one attached hydrogen (secondary N) is 1. The summed E-state index contributed by atoms with van der Waals surface area (Å²) in [6.07, 6.45) is 1.57. The van der Waals surface area contributed by atoms with E-state index in [1.54, 1.807) is 6.07 Å². The van der Waals surface area contributed by atoms with Crippen LogP contribution < -0.4 is 19.7 Å². The zero-order chi connectivity index (χ0) is 23.1. The number of hydrogen-bond donors (Lipinski definition) is 1. The van der Waals surface area contributed by atoms with Gasteiger partial charge in [0.1, 0.15) is 11.6 Å². The number of anilines is 1. The average Bonchev–Trinajstić information content (AvgIpc) is 2.78. The Hall–Kier alpha value is -3.49. The second-order valence-electron chi connectivity index (χ2n) is 7.26. The van der Waals surface area contributed by atoms with Crippen LogP contribution in [0.5, 0.6) is 11.5 Å². The molecule has 0 aromatic heterocycles. The second kappa shape index (κ2) is 10.7. The van der Waals surface area contributed by atoms with Gasteiger partial charge in [-0.3, -0.25) is 14.4 Å². The third-order valence-electron chi connectivity index (χ3n) is 4.83. The predicted octanol–water partition coefficient (Wildman–Crippen LogP) is 3.26. The number of halogens is 2. The van der Waals surface area contributed by atoms with Crippen LogP contribution in [0.25, 0.3) is 0 Å². The Balaban J connectivity index is 1.66. The van der Waals surface area contributed by atoms with Gasteiger partial charge < -0.3 is 19.7 Å². The fraction of sp³-hybridized carbons (Fsp3) is 0.348. The molecule has 0 unspecified atom stereocenters. The molecule has 170 valence electrons. The van der Waals surface area contributed by atoms with E-state index in [0.29, 0.717) is 37.0 Å². The van der Waals surface area contributed by atoms with Gasteiger partial charge in [0.2, 0.25) is 5.91 Å². The molecule has 3 rings (SSSR count). The van der Waals surface area contributed by atoms with Crippen molar-refractivity contribution in [2.75, 3.05) is 31.2 Å². The van der Waals surface area contributed by atoms with Crippen molar-refractivity contribution in [3.63, 3.8) is 0 Å². The molecule has 2 aromatic carbocycles. The van der Waals surface area contributed by atoms with Gasteiger partial charge in [-0.25, -0.2) is 8.78 Å². The van der Waals surface area contributed by atoms with Gasteiger partial charge >= 0.3 is 0 Å². The lowest BCUT2D eigenvalue weighted by molar-refractivity contribution is -0.122. The van der Waals surface area contributed by atoms with Crippen LogP contribution in [0.3, 0.4) is 0 Å². The fourth-order valence-electron chi connectivity index (χ4n) is 3.19. The van der Waals surface area contributed by atoms with E-state index < -0.39 is 24.0 Å². The molecule has 1 N–H and O–H groups in total. The van der Waals surface area contributed by atoms with Crippen molar-refractivity contribution >= 4 is 23.3 Å². The minimum Gasteiger partial charge on any atom is -0.482 e. The maximum absolute atomic E-state index is 13.7. The van der Waals surface area contributed by atoms with E-state index in [0.717, 1.165) is 18.6 Å². The van der Waals surface area contributed by atoms with Crippen LogP contribution in [-0.4, -0.2) is 43.9 Å². The fourth-order valence-corrected chi connectivity index (χ4v) is 3.19. The smallest absolute Gasteiger partial charge is 0.265 e. The first-order valence-corrected chi connectivity index (χ1v) is 10.3. The molecule has 0 saturated carbocycles. The van der Waals surface area contributed by atoms with Gasteiger partial charge in [-0.15, -0.1) is 0 Å². The number of ketones is 1. The summed E-state index contributed by atoms with van der Waals surface area (Å²) in [6.45, 7) is 2.27. The summed E-state index contributed by atoms with van der Waals surface area (Å²) in [5.74, 6) is -2.25. The van der Waals surface area contributed by atoms with Crippen molar-refractivity contribution in [1.29, 1.82) is 0 Å². The Labute approximate surface area is 184 Å². The molecule has 1 heterocycles. The lowest BCUT2D eigenvalue weighted by Gasteiger charge is -2.29. The van der Waals surface area contributed by atoms with Gasteiger partial charge in [-0.2, -0.15) is 0 Å². The average molecular weight is 446 g/mol. The molecule has 2 amide bonds. The Bertz CT molecular complexity index is 1010. The number of carbonyl (C=O) groups is 3. The SMILES string of the molecule is CCCNC(=O)CCCN1C(=O)COc2ccc(C(=O)COc3ccc(F)cc3F)cc21. The summed E-state index contributed by atoms with van der Waals surface area (Å²) in [5, 5.41) is 2.79. The highest BCUT2D eigenvalue weighted by Gasteiger charge is 2.26. The molecule has 0 saturated heterocycles. The van der Waals surface area contributed by atoms with Gasteiger partial charge in [0, 0.05) is 31.1 Å². The summed E-state index contributed by atoms with van der Waals surface area (Å²) in [5.41, 5.74) is 0.671. The maximum atomic E-state index is 13.7. The zero-order valence-electron chi connectivity index (χ0n) is 17.7. The molecular weight excluding hydrogens is 422 g/mol. The number of benzene rings is 2. The molecule has 1 aliphatic heterocycles. The van der Waals surface area contributed by atoms with Crippen molar-refractivity contribution in [2.45, 2.75) is 26.2 Å². The number of nitrogens with zero attached hydrogens (tertiary/aromatic N) is 1. The molecule has 0 spiro atoms. The molecule has 1 aliphatic rings. The number of fused-ring (bicyclic) bond motifs is 1. The standard InChI is InChI=1S/C23H24F2N2O5/c1-2-9-26-22(29)4-3-10-27-18-11-15(5-7-21(18)32-14-23(27)30)19(28)13-31-20-8-6-16(24)12-17(20)25/h5-8,11-12H,2-4,9-10,13-14H2,1H3,(H,26,29). The molecule has 0 fully saturated rings. The maximum Gasteiger partial charge on any atom is 0.265 e. The number of rotatable bonds is 10. The van der Waals surface area contributed by atoms with Crippen LogP contribution in [0.4, 0.5) is 14.5 Å². The lowest BCUT2D eigenvalue weighted by Crippen LogP contribution is -2.40. The van der Waals surface area contributed by atoms with Crippen LogP contribution in [0.2, 0.25) is 0 Å². The Morgan fingerprint density at radius 2 is 2.00 bits per heavy atom. The topological polar surface area (TPSA) is 84.9 Å². The van der Waals surface area contributed by atoms with Gasteiger partial charge in [0.05, 0.1) is 5.69 Å². The predicted molar refractivity (Wildman–Crippen MR) is 113 cm³/mol. The summed E-state index contributed by atoms with van der Waals surface area (Å²) < 4.78 is 37.3. The van der Waals surface area contributed by atoms with Crippen molar-refractivity contribution < 1.29 is 32.6 Å². The summed E-state index contributed by atoms with van der Waals surface area (Å²) in [4.78, 5) is 38.2. The number of ether oxygens (including phenoxy) is 2. The largest absolute Gasteiger partial charge is 0.482 e. The van der Waals surface area contributed by atoms with E-state index in [1.165, 1.54) is 17.0 Å². The molecular formula is C23H24F2N2O5. The van der Waals surface area contributed by atoms with Gasteiger partial charge in [0.15, 0.2) is 30.6 Å². The van der Waals surface area contributed by atoms with Crippen LogP contribution in [0.1, 0.15) is 36.5 Å². The first-order valence-electron chi connectivity index (χ1n) is 10.3. The monoisotopic (exact) mass is 446 g/mol. The van der Waals surface area contributed by atoms with E-state index in [9.17, 15) is 23.2 Å². The molecule has 0 aliphatic carbocycles. The van der Waals surface area contributed by atoms with Crippen LogP contribution in [-0.2, 0) is 9.59 Å². The molecule has 0 radical (unpaired) electrons. The molecule has 0 atom stereocenters. The normalized spacial score (nSPS) is 12.7. The number of hydrogen-bond acceptors (Lipinski definition) is 5. The van der Waals surface area contributed by atoms with Crippen LogP contribution in [0.15, 0.2) is 36.4 Å². The van der Waals surface area contributed by atoms with E-state index in [2.05, 4.69) is 5.32 Å². The van der Waals surface area contributed by atoms with Gasteiger partial charge in [-0.05, 0) is 43.2 Å². The number of amides is 2. The van der Waals surface area contributed by atoms with Gasteiger partial charge in [-0.1, -0.05) is 6.92 Å². The van der Waals surface area contributed by atoms with Crippen LogP contribution in [0, 0.1) is 11.6 Å². The minimum absolute atomic E-state index is 0.0816. The van der Waals surface area contributed by atoms with Crippen LogP contribution >= 0.6 is 0 Å². The molecule has 7 nitrogen and oxygen atoms in total. The molecule has 9 heteroatoms. The second-order valence-corrected chi connectivity index (χ2v) is 7.26. The van der Waals surface area contributed by atoms with E-state index >= 15 is 0 Å². The summed E-state index contributed by atoms with van der Waals surface area (Å²) >= 11 is 0. The van der Waals surface area contributed by atoms with Crippen molar-refractivity contribution in [1.82, 2.24) is 5.32 Å². The molecule has 32 heavy (non-hydrogen) atoms. The summed E-state index contributed by atoms with van der Waals surface area (Å²) in [6, 6.07) is 7.42. The Kier molecular flexibility index (Phi) is 7.75. The first-order chi connectivity index (χ1) is 15.4. The van der Waals surface area contributed by atoms with Crippen molar-refractivity contribution in [3.05, 3.63) is 53.6 Å². The summed E-state index contributed by atoms with van der Waals surface area (Å²) in [7, 11) is 0. The minimum atomic E-state index is -0.906. The first kappa shape index (κ1) is 23.2. The van der Waals surface area contributed by atoms with Gasteiger partial charge in [0.25, 0.3) is 5.91 Å². The number of Topliss-reactive ketones (excluding diaryl/α,β-unsaturated/α-hetero) is 1. The van der Waals surface area contributed by atoms with E-state index in [1.807, 2.05) is 6.92 Å². The van der Waals surface area contributed by atoms with E-state index in [-0.39, 0.29) is 36.2 Å². The van der Waals surface area contributed by atoms with E-state index in [4.69, 9.17) is 9.47 Å². The zero-order valence-corrected chi connectivity index (χ0v) is 17.7. The molecule has 2 aromatic rings. The van der Waals surface area contributed by atoms with Crippen molar-refractivity contribution in [3.8, 4) is 11.5 Å². The van der Waals surface area contributed by atoms with Crippen molar-refractivity contribution in [2.24, 2.45) is 0 Å². The third kappa shape index (κ3) is 5.81. The quantitative estimate of drug-likeness (QED) is 0.567. The highest BCUT2D eigenvalue weighted by molar-refractivity contribution is 6.02. The third-order valence-corrected chi connectivity index (χ3v) is 4.83. The number of carbonyl (C=O) groups excluding carboxylic acids is 3. The lowest BCUT2D eigenvalue weighted by atomic mass is 10.1. The Morgan fingerprint density at radius 1 is 1.19 bits per heavy atom. The Morgan fingerprint density at radius 3 is 2.75 bits per heavy atom.